The number of carbonyl (C=O) groups is 2. The standard InChI is InChI=1S/C27H34O10/c1-22-11-25(32)18-16(19(22)30)37-26-9-14(28)36-20(12-6-8-35-10-12)23(26,2)7-5-13(27(18,26)33)24(25,3)17(22)15(29)21(31)34-4/h6,8,10,13,15-20,29-30,32-33H,5,7,9,11H2,1-4H3/t13-,15-,16-,17+,18-,19-,20-,22-,23+,24-,25+,26-,27+/m1/s1. The van der Waals surface area contributed by atoms with Crippen molar-refractivity contribution in [3.05, 3.63) is 24.2 Å². The van der Waals surface area contributed by atoms with Crippen LogP contribution >= 0.6 is 0 Å². The van der Waals surface area contributed by atoms with E-state index in [1.165, 1.54) is 19.6 Å². The molecular formula is C27H34O10. The Bertz CT molecular complexity index is 1200. The molecule has 4 saturated carbocycles. The monoisotopic (exact) mass is 518 g/mol. The fraction of sp³-hybridized carbons (Fsp3) is 0.778. The Kier molecular flexibility index (Phi) is 4.29. The third-order valence-electron chi connectivity index (χ3n) is 12.2. The molecule has 10 nitrogen and oxygen atoms in total. The van der Waals surface area contributed by atoms with Crippen molar-refractivity contribution < 1.29 is 48.6 Å². The van der Waals surface area contributed by atoms with Crippen LogP contribution in [0.2, 0.25) is 0 Å². The number of carbonyl (C=O) groups excluding carboxylic acids is 2. The molecule has 13 atom stereocenters. The Morgan fingerprint density at radius 3 is 2.62 bits per heavy atom. The molecule has 6 fully saturated rings. The van der Waals surface area contributed by atoms with Crippen molar-refractivity contribution in [1.82, 2.24) is 0 Å². The van der Waals surface area contributed by atoms with Crippen molar-refractivity contribution in [3.8, 4) is 0 Å². The summed E-state index contributed by atoms with van der Waals surface area (Å²) in [6, 6.07) is 1.72. The minimum Gasteiger partial charge on any atom is -0.472 e. The second-order valence-corrected chi connectivity index (χ2v) is 13.1. The highest BCUT2D eigenvalue weighted by molar-refractivity contribution is 5.76. The van der Waals surface area contributed by atoms with E-state index in [1.54, 1.807) is 13.0 Å². The fourth-order valence-electron chi connectivity index (χ4n) is 11.0. The summed E-state index contributed by atoms with van der Waals surface area (Å²) in [4.78, 5) is 25.9. The molecule has 0 amide bonds. The van der Waals surface area contributed by atoms with Crippen LogP contribution in [0.25, 0.3) is 0 Å². The molecule has 3 heterocycles. The Morgan fingerprint density at radius 2 is 1.97 bits per heavy atom. The van der Waals surface area contributed by atoms with Gasteiger partial charge in [0.15, 0.2) is 6.10 Å². The molecule has 1 aromatic rings. The molecule has 1 aromatic heterocycles. The highest BCUT2D eigenvalue weighted by Gasteiger charge is 2.95. The summed E-state index contributed by atoms with van der Waals surface area (Å²) in [7, 11) is 1.19. The zero-order chi connectivity index (χ0) is 26.6. The van der Waals surface area contributed by atoms with Crippen LogP contribution in [0.15, 0.2) is 23.0 Å². The molecule has 2 bridgehead atoms. The molecule has 0 radical (unpaired) electrons. The minimum atomic E-state index is -1.73. The van der Waals surface area contributed by atoms with E-state index in [1.807, 2.05) is 13.8 Å². The molecule has 10 heteroatoms. The zero-order valence-corrected chi connectivity index (χ0v) is 21.3. The Morgan fingerprint density at radius 1 is 1.24 bits per heavy atom. The van der Waals surface area contributed by atoms with Crippen molar-refractivity contribution >= 4 is 11.9 Å². The van der Waals surface area contributed by atoms with E-state index in [0.29, 0.717) is 18.4 Å². The Balaban J connectivity index is 1.49. The van der Waals surface area contributed by atoms with Crippen LogP contribution in [-0.2, 0) is 23.8 Å². The number of cyclic esters (lactones) is 1. The molecule has 1 spiro atoms. The van der Waals surface area contributed by atoms with Gasteiger partial charge in [0, 0.05) is 33.6 Å². The van der Waals surface area contributed by atoms with Gasteiger partial charge in [-0.05, 0) is 31.2 Å². The van der Waals surface area contributed by atoms with Gasteiger partial charge in [-0.15, -0.1) is 0 Å². The lowest BCUT2D eigenvalue weighted by Crippen LogP contribution is -2.72. The van der Waals surface area contributed by atoms with Gasteiger partial charge < -0.3 is 39.1 Å². The van der Waals surface area contributed by atoms with E-state index in [9.17, 15) is 30.0 Å². The molecule has 2 aliphatic heterocycles. The zero-order valence-electron chi connectivity index (χ0n) is 21.3. The number of ether oxygens (including phenoxy) is 3. The largest absolute Gasteiger partial charge is 0.472 e. The number of fused-ring (bicyclic) bond motifs is 2. The maximum atomic E-state index is 13.2. The van der Waals surface area contributed by atoms with Crippen LogP contribution in [0.3, 0.4) is 0 Å². The summed E-state index contributed by atoms with van der Waals surface area (Å²) >= 11 is 0. The first-order chi connectivity index (χ1) is 17.3. The normalized spacial score (nSPS) is 57.6. The number of aliphatic hydroxyl groups is 4. The molecule has 4 N–H and O–H groups in total. The molecule has 202 valence electrons. The van der Waals surface area contributed by atoms with Crippen LogP contribution in [0, 0.1) is 34.0 Å². The highest BCUT2D eigenvalue weighted by atomic mass is 16.6. The minimum absolute atomic E-state index is 0.0716. The average molecular weight is 519 g/mol. The van der Waals surface area contributed by atoms with Crippen LogP contribution in [-0.4, -0.2) is 74.6 Å². The molecule has 2 saturated heterocycles. The van der Waals surface area contributed by atoms with Crippen LogP contribution in [0.5, 0.6) is 0 Å². The summed E-state index contributed by atoms with van der Waals surface area (Å²) in [5, 5.41) is 48.7. The summed E-state index contributed by atoms with van der Waals surface area (Å²) in [6.07, 6.45) is -0.866. The van der Waals surface area contributed by atoms with E-state index in [4.69, 9.17) is 18.6 Å². The predicted octanol–water partition coefficient (Wildman–Crippen LogP) is 0.854. The van der Waals surface area contributed by atoms with Gasteiger partial charge in [-0.25, -0.2) is 4.79 Å². The maximum Gasteiger partial charge on any atom is 0.335 e. The molecule has 7 rings (SSSR count). The second kappa shape index (κ2) is 6.59. The number of rotatable bonds is 3. The van der Waals surface area contributed by atoms with Crippen LogP contribution < -0.4 is 0 Å². The lowest BCUT2D eigenvalue weighted by molar-refractivity contribution is -0.298. The fourth-order valence-corrected chi connectivity index (χ4v) is 11.0. The number of hydrogen-bond donors (Lipinski definition) is 4. The van der Waals surface area contributed by atoms with Gasteiger partial charge in [-0.1, -0.05) is 20.8 Å². The molecular weight excluding hydrogens is 484 g/mol. The Labute approximate surface area is 213 Å². The number of hydrogen-bond acceptors (Lipinski definition) is 10. The van der Waals surface area contributed by atoms with Gasteiger partial charge >= 0.3 is 11.9 Å². The average Bonchev–Trinajstić information content (AvgIpc) is 3.52. The molecule has 6 aliphatic rings. The third-order valence-corrected chi connectivity index (χ3v) is 12.2. The first-order valence-corrected chi connectivity index (χ1v) is 13.1. The third kappa shape index (κ3) is 2.13. The van der Waals surface area contributed by atoms with Crippen LogP contribution in [0.4, 0.5) is 0 Å². The lowest BCUT2D eigenvalue weighted by atomic mass is 9.45. The molecule has 4 aliphatic carbocycles. The Hall–Kier alpha value is -1.98. The van der Waals surface area contributed by atoms with Gasteiger partial charge in [0.25, 0.3) is 0 Å². The number of furan rings is 1. The van der Waals surface area contributed by atoms with Gasteiger partial charge in [0.2, 0.25) is 0 Å². The predicted molar refractivity (Wildman–Crippen MR) is 122 cm³/mol. The molecule has 37 heavy (non-hydrogen) atoms. The van der Waals surface area contributed by atoms with Gasteiger partial charge in [-0.2, -0.15) is 0 Å². The first-order valence-electron chi connectivity index (χ1n) is 13.1. The molecule has 0 aromatic carbocycles. The van der Waals surface area contributed by atoms with Crippen molar-refractivity contribution in [1.29, 1.82) is 0 Å². The second-order valence-electron chi connectivity index (χ2n) is 13.1. The maximum absolute atomic E-state index is 13.2. The van der Waals surface area contributed by atoms with Crippen molar-refractivity contribution in [2.24, 2.45) is 34.0 Å². The van der Waals surface area contributed by atoms with E-state index < -0.39 is 87.2 Å². The lowest BCUT2D eigenvalue weighted by Gasteiger charge is -2.63. The first kappa shape index (κ1) is 24.1. The van der Waals surface area contributed by atoms with E-state index in [2.05, 4.69) is 0 Å². The number of aliphatic hydroxyl groups excluding tert-OH is 2. The van der Waals surface area contributed by atoms with Crippen molar-refractivity contribution in [2.75, 3.05) is 7.11 Å². The number of esters is 2. The summed E-state index contributed by atoms with van der Waals surface area (Å²) in [5.41, 5.74) is -7.31. The van der Waals surface area contributed by atoms with Gasteiger partial charge in [0.05, 0.1) is 43.9 Å². The summed E-state index contributed by atoms with van der Waals surface area (Å²) in [5.74, 6) is -3.86. The SMILES string of the molecule is COC(=O)[C@H](O)[C@H]1[C@@]2(C)C[C@]3(O)[C@H]4[C@@H](O[C@]56CC(=O)O[C@H](c7ccoc7)[C@]5(C)CC[C@H]([C@]13C)[C@]46O)[C@H]2O. The van der Waals surface area contributed by atoms with E-state index in [0.717, 1.165) is 0 Å². The smallest absolute Gasteiger partial charge is 0.335 e. The molecule has 0 unspecified atom stereocenters. The summed E-state index contributed by atoms with van der Waals surface area (Å²) < 4.78 is 22.8. The topological polar surface area (TPSA) is 156 Å². The van der Waals surface area contributed by atoms with Gasteiger partial charge in [-0.3, -0.25) is 4.79 Å². The quantitative estimate of drug-likeness (QED) is 0.423. The van der Waals surface area contributed by atoms with E-state index in [-0.39, 0.29) is 12.8 Å². The van der Waals surface area contributed by atoms with E-state index >= 15 is 0 Å². The van der Waals surface area contributed by atoms with Crippen molar-refractivity contribution in [3.63, 3.8) is 0 Å². The summed E-state index contributed by atoms with van der Waals surface area (Å²) in [6.45, 7) is 5.51. The van der Waals surface area contributed by atoms with Crippen LogP contribution in [0.1, 0.15) is 58.1 Å². The highest BCUT2D eigenvalue weighted by Crippen LogP contribution is 2.85. The number of methoxy groups -OCH3 is 1. The van der Waals surface area contributed by atoms with Crippen molar-refractivity contribution in [2.45, 2.75) is 87.7 Å². The van der Waals surface area contributed by atoms with Gasteiger partial charge in [0.1, 0.15) is 17.3 Å².